The average molecular weight is 470 g/mol. The van der Waals surface area contributed by atoms with E-state index in [0.29, 0.717) is 25.1 Å². The predicted octanol–water partition coefficient (Wildman–Crippen LogP) is 4.51. The van der Waals surface area contributed by atoms with Gasteiger partial charge in [0.15, 0.2) is 0 Å². The number of hydrogen-bond acceptors (Lipinski definition) is 5. The van der Waals surface area contributed by atoms with Crippen LogP contribution in [-0.4, -0.2) is 35.2 Å². The molecular formula is C25H25F3N4O2. The molecular weight excluding hydrogens is 445 g/mol. The van der Waals surface area contributed by atoms with E-state index in [2.05, 4.69) is 20.9 Å². The number of aromatic nitrogens is 1. The Balaban J connectivity index is 1.49. The van der Waals surface area contributed by atoms with Gasteiger partial charge in [0.05, 0.1) is 29.8 Å². The van der Waals surface area contributed by atoms with Gasteiger partial charge in [-0.1, -0.05) is 42.5 Å². The maximum absolute atomic E-state index is 13.3. The van der Waals surface area contributed by atoms with E-state index in [1.807, 2.05) is 42.5 Å². The summed E-state index contributed by atoms with van der Waals surface area (Å²) in [6, 6.07) is 17.3. The Hall–Kier alpha value is -3.59. The van der Waals surface area contributed by atoms with Crippen LogP contribution in [0.3, 0.4) is 0 Å². The molecule has 3 aromatic rings. The van der Waals surface area contributed by atoms with Gasteiger partial charge in [0.25, 0.3) is 0 Å². The standard InChI is InChI=1S/C25H25F3N4O2/c26-25(27,28)19-9-8-16(13-18(19)14-22(33)34)10-12-29-23(17-5-2-1-3-6-17)21-15-31-20-7-4-11-30-24(20)32-21/h1-9,11,13,21,23,29,31H,10,12,14-15H2,(H,30,32)(H,33,34)/t21-,23-/m1/s1. The maximum Gasteiger partial charge on any atom is 0.416 e. The molecule has 34 heavy (non-hydrogen) atoms. The number of halogens is 3. The van der Waals surface area contributed by atoms with E-state index in [1.165, 1.54) is 12.1 Å². The van der Waals surface area contributed by atoms with Gasteiger partial charge < -0.3 is 21.1 Å². The van der Waals surface area contributed by atoms with Crippen LogP contribution < -0.4 is 16.0 Å². The second-order valence-electron chi connectivity index (χ2n) is 8.18. The van der Waals surface area contributed by atoms with Gasteiger partial charge in [0, 0.05) is 12.7 Å². The Morgan fingerprint density at radius 3 is 2.68 bits per heavy atom. The number of alkyl halides is 3. The fraction of sp³-hybridized carbons (Fsp3) is 0.280. The van der Waals surface area contributed by atoms with Crippen LogP contribution in [0.25, 0.3) is 0 Å². The van der Waals surface area contributed by atoms with E-state index in [4.69, 9.17) is 5.11 Å². The molecule has 178 valence electrons. The number of benzene rings is 2. The summed E-state index contributed by atoms with van der Waals surface area (Å²) in [5, 5.41) is 19.4. The van der Waals surface area contributed by atoms with Crippen molar-refractivity contribution in [3.63, 3.8) is 0 Å². The number of rotatable bonds is 8. The van der Waals surface area contributed by atoms with Crippen LogP contribution >= 0.6 is 0 Å². The monoisotopic (exact) mass is 470 g/mol. The van der Waals surface area contributed by atoms with E-state index in [1.54, 1.807) is 6.20 Å². The van der Waals surface area contributed by atoms with Gasteiger partial charge in [-0.3, -0.25) is 4.79 Å². The molecule has 0 spiro atoms. The topological polar surface area (TPSA) is 86.3 Å². The highest BCUT2D eigenvalue weighted by atomic mass is 19.4. The molecule has 0 fully saturated rings. The quantitative estimate of drug-likeness (QED) is 0.388. The van der Waals surface area contributed by atoms with Crippen molar-refractivity contribution >= 4 is 17.5 Å². The van der Waals surface area contributed by atoms with Crippen LogP contribution in [0, 0.1) is 0 Å². The fourth-order valence-corrected chi connectivity index (χ4v) is 4.22. The van der Waals surface area contributed by atoms with Crippen molar-refractivity contribution in [2.45, 2.75) is 31.1 Å². The summed E-state index contributed by atoms with van der Waals surface area (Å²) in [5.74, 6) is -0.530. The zero-order valence-electron chi connectivity index (χ0n) is 18.3. The number of aliphatic carboxylic acids is 1. The van der Waals surface area contributed by atoms with E-state index in [9.17, 15) is 18.0 Å². The minimum atomic E-state index is -4.59. The number of pyridine rings is 1. The van der Waals surface area contributed by atoms with E-state index in [-0.39, 0.29) is 17.6 Å². The lowest BCUT2D eigenvalue weighted by molar-refractivity contribution is -0.139. The number of nitrogens with zero attached hydrogens (tertiary/aromatic N) is 1. The van der Waals surface area contributed by atoms with Gasteiger partial charge >= 0.3 is 12.1 Å². The highest BCUT2D eigenvalue weighted by Gasteiger charge is 2.34. The first-order valence-electron chi connectivity index (χ1n) is 11.0. The van der Waals surface area contributed by atoms with Crippen LogP contribution in [0.2, 0.25) is 0 Å². The van der Waals surface area contributed by atoms with Crippen molar-refractivity contribution in [1.29, 1.82) is 0 Å². The second kappa shape index (κ2) is 10.1. The van der Waals surface area contributed by atoms with Gasteiger partial charge in [-0.2, -0.15) is 13.2 Å². The molecule has 0 saturated heterocycles. The Labute approximate surface area is 195 Å². The SMILES string of the molecule is O=C(O)Cc1cc(CCN[C@H](c2ccccc2)[C@H]2CNc3cccnc3N2)ccc1C(F)(F)F. The minimum Gasteiger partial charge on any atom is -0.481 e. The summed E-state index contributed by atoms with van der Waals surface area (Å²) >= 11 is 0. The lowest BCUT2D eigenvalue weighted by Crippen LogP contribution is -2.44. The molecule has 9 heteroatoms. The summed E-state index contributed by atoms with van der Waals surface area (Å²) in [4.78, 5) is 15.5. The Kier molecular flexibility index (Phi) is 7.02. The molecule has 0 aliphatic carbocycles. The molecule has 0 bridgehead atoms. The van der Waals surface area contributed by atoms with Gasteiger partial charge in [0.2, 0.25) is 0 Å². The summed E-state index contributed by atoms with van der Waals surface area (Å²) in [7, 11) is 0. The summed E-state index contributed by atoms with van der Waals surface area (Å²) in [5.41, 5.74) is 1.52. The molecule has 0 radical (unpaired) electrons. The summed E-state index contributed by atoms with van der Waals surface area (Å²) in [6.07, 6.45) is -3.10. The van der Waals surface area contributed by atoms with Gasteiger partial charge in [-0.25, -0.2) is 4.98 Å². The molecule has 4 N–H and O–H groups in total. The minimum absolute atomic E-state index is 0.0139. The average Bonchev–Trinajstić information content (AvgIpc) is 2.81. The third kappa shape index (κ3) is 5.66. The molecule has 0 saturated carbocycles. The molecule has 2 aromatic carbocycles. The number of carbonyl (C=O) groups is 1. The molecule has 0 amide bonds. The lowest BCUT2D eigenvalue weighted by Gasteiger charge is -2.34. The van der Waals surface area contributed by atoms with Crippen molar-refractivity contribution in [2.24, 2.45) is 0 Å². The smallest absolute Gasteiger partial charge is 0.416 e. The number of carboxylic acids is 1. The zero-order chi connectivity index (χ0) is 24.1. The molecule has 0 unspecified atom stereocenters. The van der Waals surface area contributed by atoms with Crippen molar-refractivity contribution in [2.75, 3.05) is 23.7 Å². The Morgan fingerprint density at radius 2 is 1.94 bits per heavy atom. The van der Waals surface area contributed by atoms with Crippen LogP contribution in [-0.2, 0) is 23.8 Å². The van der Waals surface area contributed by atoms with Crippen molar-refractivity contribution in [3.05, 3.63) is 89.1 Å². The second-order valence-corrected chi connectivity index (χ2v) is 8.18. The normalized spacial score (nSPS) is 16.1. The first-order valence-corrected chi connectivity index (χ1v) is 11.0. The molecule has 1 aromatic heterocycles. The number of carboxylic acid groups (broad SMARTS) is 1. The van der Waals surface area contributed by atoms with E-state index < -0.39 is 24.1 Å². The molecule has 1 aliphatic heterocycles. The zero-order valence-corrected chi connectivity index (χ0v) is 18.3. The highest BCUT2D eigenvalue weighted by Crippen LogP contribution is 2.33. The predicted molar refractivity (Wildman–Crippen MR) is 124 cm³/mol. The number of nitrogens with one attached hydrogen (secondary N) is 3. The molecule has 2 atom stereocenters. The first kappa shape index (κ1) is 23.6. The van der Waals surface area contributed by atoms with Crippen LogP contribution in [0.4, 0.5) is 24.7 Å². The number of anilines is 2. The Bertz CT molecular complexity index is 1140. The lowest BCUT2D eigenvalue weighted by atomic mass is 9.96. The number of hydrogen-bond donors (Lipinski definition) is 4. The molecule has 6 nitrogen and oxygen atoms in total. The Morgan fingerprint density at radius 1 is 1.15 bits per heavy atom. The third-order valence-corrected chi connectivity index (χ3v) is 5.80. The van der Waals surface area contributed by atoms with Crippen LogP contribution in [0.1, 0.15) is 28.3 Å². The summed E-state index contributed by atoms with van der Waals surface area (Å²) in [6.45, 7) is 1.15. The van der Waals surface area contributed by atoms with Gasteiger partial charge in [-0.05, 0) is 47.9 Å². The maximum atomic E-state index is 13.3. The van der Waals surface area contributed by atoms with Crippen molar-refractivity contribution < 1.29 is 23.1 Å². The van der Waals surface area contributed by atoms with Crippen LogP contribution in [0.15, 0.2) is 66.9 Å². The van der Waals surface area contributed by atoms with Crippen molar-refractivity contribution in [1.82, 2.24) is 10.3 Å². The van der Waals surface area contributed by atoms with E-state index >= 15 is 0 Å². The molecule has 2 heterocycles. The van der Waals surface area contributed by atoms with E-state index in [0.717, 1.165) is 23.1 Å². The fourth-order valence-electron chi connectivity index (χ4n) is 4.22. The first-order chi connectivity index (χ1) is 16.3. The van der Waals surface area contributed by atoms with Gasteiger partial charge in [-0.15, -0.1) is 0 Å². The third-order valence-electron chi connectivity index (χ3n) is 5.80. The van der Waals surface area contributed by atoms with Crippen LogP contribution in [0.5, 0.6) is 0 Å². The molecule has 4 rings (SSSR count). The largest absolute Gasteiger partial charge is 0.481 e. The summed E-state index contributed by atoms with van der Waals surface area (Å²) < 4.78 is 39.8. The number of fused-ring (bicyclic) bond motifs is 1. The van der Waals surface area contributed by atoms with Crippen molar-refractivity contribution in [3.8, 4) is 0 Å². The van der Waals surface area contributed by atoms with Gasteiger partial charge in [0.1, 0.15) is 5.82 Å². The highest BCUT2D eigenvalue weighted by molar-refractivity contribution is 5.71. The molecule has 1 aliphatic rings.